The number of hydrogen-bond acceptors (Lipinski definition) is 3. The van der Waals surface area contributed by atoms with Gasteiger partial charge in [-0.1, -0.05) is 0 Å². The first-order chi connectivity index (χ1) is 6.27. The molecule has 5 nitrogen and oxygen atoms in total. The van der Waals surface area contributed by atoms with Crippen LogP contribution in [0.15, 0.2) is 6.20 Å². The van der Waals surface area contributed by atoms with Crippen LogP contribution in [0.3, 0.4) is 0 Å². The van der Waals surface area contributed by atoms with E-state index < -0.39 is 0 Å². The second-order valence-corrected chi connectivity index (χ2v) is 3.27. The molecule has 0 atom stereocenters. The summed E-state index contributed by atoms with van der Waals surface area (Å²) in [7, 11) is 0. The van der Waals surface area contributed by atoms with E-state index in [9.17, 15) is 4.79 Å². The number of rotatable bonds is 2. The number of H-pyrrole nitrogens is 1. The molecule has 1 fully saturated rings. The van der Waals surface area contributed by atoms with Gasteiger partial charge in [0.15, 0.2) is 0 Å². The summed E-state index contributed by atoms with van der Waals surface area (Å²) < 4.78 is 0. The number of anilines is 1. The maximum absolute atomic E-state index is 11.4. The number of nitrogens with one attached hydrogen (secondary N) is 3. The van der Waals surface area contributed by atoms with Gasteiger partial charge in [0.2, 0.25) is 5.91 Å². The van der Waals surface area contributed by atoms with Crippen molar-refractivity contribution in [3.05, 3.63) is 11.8 Å². The predicted octanol–water partition coefficient (Wildman–Crippen LogP) is -0.124. The Balaban J connectivity index is 1.97. The molecule has 3 N–H and O–H groups in total. The van der Waals surface area contributed by atoms with Crippen LogP contribution < -0.4 is 10.6 Å². The van der Waals surface area contributed by atoms with Crippen LogP contribution in [-0.2, 0) is 4.79 Å². The van der Waals surface area contributed by atoms with Crippen LogP contribution in [0, 0.1) is 12.8 Å². The Bertz CT molecular complexity index is 316. The highest BCUT2D eigenvalue weighted by atomic mass is 16.2. The van der Waals surface area contributed by atoms with E-state index in [-0.39, 0.29) is 11.8 Å². The second kappa shape index (κ2) is 3.18. The van der Waals surface area contributed by atoms with Crippen LogP contribution in [0.5, 0.6) is 0 Å². The lowest BCUT2D eigenvalue weighted by Crippen LogP contribution is -2.48. The molecule has 0 bridgehead atoms. The fraction of sp³-hybridized carbons (Fsp3) is 0.500. The highest BCUT2D eigenvalue weighted by Gasteiger charge is 2.25. The first kappa shape index (κ1) is 8.25. The highest BCUT2D eigenvalue weighted by molar-refractivity contribution is 5.93. The maximum atomic E-state index is 11.4. The molecule has 1 aliphatic heterocycles. The van der Waals surface area contributed by atoms with Gasteiger partial charge in [0.25, 0.3) is 0 Å². The minimum Gasteiger partial charge on any atom is -0.315 e. The number of nitrogens with zero attached hydrogens (tertiary/aromatic N) is 1. The monoisotopic (exact) mass is 180 g/mol. The van der Waals surface area contributed by atoms with Crippen molar-refractivity contribution in [3.63, 3.8) is 0 Å². The first-order valence-electron chi connectivity index (χ1n) is 4.29. The summed E-state index contributed by atoms with van der Waals surface area (Å²) in [6.07, 6.45) is 1.69. The van der Waals surface area contributed by atoms with Gasteiger partial charge in [-0.15, -0.1) is 0 Å². The van der Waals surface area contributed by atoms with Crippen LogP contribution in [0.25, 0.3) is 0 Å². The van der Waals surface area contributed by atoms with Crippen molar-refractivity contribution >= 4 is 11.7 Å². The van der Waals surface area contributed by atoms with Crippen molar-refractivity contribution < 1.29 is 4.79 Å². The molecule has 2 heterocycles. The standard InChI is InChI=1S/C8H12N4O/c1-5-2-10-12-7(5)11-8(13)6-3-9-4-6/h2,6,9H,3-4H2,1H3,(H2,10,11,12,13). The molecular formula is C8H12N4O. The smallest absolute Gasteiger partial charge is 0.231 e. The van der Waals surface area contributed by atoms with E-state index in [4.69, 9.17) is 0 Å². The normalized spacial score (nSPS) is 16.7. The van der Waals surface area contributed by atoms with Gasteiger partial charge in [0.1, 0.15) is 5.82 Å². The summed E-state index contributed by atoms with van der Waals surface area (Å²) >= 11 is 0. The molecular weight excluding hydrogens is 168 g/mol. The Labute approximate surface area is 75.9 Å². The topological polar surface area (TPSA) is 69.8 Å². The number of aromatic amines is 1. The zero-order valence-electron chi connectivity index (χ0n) is 7.42. The van der Waals surface area contributed by atoms with Gasteiger partial charge in [0.05, 0.1) is 12.1 Å². The first-order valence-corrected chi connectivity index (χ1v) is 4.29. The van der Waals surface area contributed by atoms with Crippen LogP contribution in [0.4, 0.5) is 5.82 Å². The lowest BCUT2D eigenvalue weighted by molar-refractivity contribution is -0.121. The zero-order chi connectivity index (χ0) is 9.26. The summed E-state index contributed by atoms with van der Waals surface area (Å²) in [5.74, 6) is 0.880. The van der Waals surface area contributed by atoms with Gasteiger partial charge < -0.3 is 10.6 Å². The van der Waals surface area contributed by atoms with Crippen LogP contribution in [-0.4, -0.2) is 29.2 Å². The summed E-state index contributed by atoms with van der Waals surface area (Å²) in [6, 6.07) is 0. The van der Waals surface area contributed by atoms with Crippen LogP contribution in [0.1, 0.15) is 5.56 Å². The molecule has 1 saturated heterocycles. The molecule has 1 amide bonds. The quantitative estimate of drug-likeness (QED) is 0.594. The SMILES string of the molecule is Cc1cn[nH]c1NC(=O)C1CNC1. The summed E-state index contributed by atoms with van der Waals surface area (Å²) in [5, 5.41) is 12.4. The van der Waals surface area contributed by atoms with Gasteiger partial charge in [0, 0.05) is 18.7 Å². The van der Waals surface area contributed by atoms with E-state index in [0.29, 0.717) is 5.82 Å². The largest absolute Gasteiger partial charge is 0.315 e. The third-order valence-electron chi connectivity index (χ3n) is 2.23. The average Bonchev–Trinajstić information content (AvgIpc) is 2.32. The van der Waals surface area contributed by atoms with Gasteiger partial charge in [-0.2, -0.15) is 5.10 Å². The number of carbonyl (C=O) groups is 1. The van der Waals surface area contributed by atoms with Crippen LogP contribution in [0.2, 0.25) is 0 Å². The minimum absolute atomic E-state index is 0.0612. The maximum Gasteiger partial charge on any atom is 0.231 e. The van der Waals surface area contributed by atoms with E-state index in [0.717, 1.165) is 18.7 Å². The summed E-state index contributed by atoms with van der Waals surface area (Å²) in [5.41, 5.74) is 0.959. The Morgan fingerprint density at radius 3 is 2.92 bits per heavy atom. The number of aryl methyl sites for hydroxylation is 1. The molecule has 0 spiro atoms. The second-order valence-electron chi connectivity index (χ2n) is 3.27. The average molecular weight is 180 g/mol. The van der Waals surface area contributed by atoms with E-state index in [1.807, 2.05) is 6.92 Å². The molecule has 0 aliphatic carbocycles. The Morgan fingerprint density at radius 2 is 2.46 bits per heavy atom. The van der Waals surface area contributed by atoms with Crippen molar-refractivity contribution in [1.82, 2.24) is 15.5 Å². The van der Waals surface area contributed by atoms with Crippen molar-refractivity contribution in [1.29, 1.82) is 0 Å². The molecule has 2 rings (SSSR count). The summed E-state index contributed by atoms with van der Waals surface area (Å²) in [6.45, 7) is 3.45. The number of amides is 1. The van der Waals surface area contributed by atoms with Gasteiger partial charge in [-0.25, -0.2) is 0 Å². The van der Waals surface area contributed by atoms with Crippen molar-refractivity contribution in [2.75, 3.05) is 18.4 Å². The van der Waals surface area contributed by atoms with Gasteiger partial charge in [-0.3, -0.25) is 9.89 Å². The van der Waals surface area contributed by atoms with Crippen molar-refractivity contribution in [2.45, 2.75) is 6.92 Å². The van der Waals surface area contributed by atoms with E-state index >= 15 is 0 Å². The molecule has 1 aromatic rings. The molecule has 70 valence electrons. The minimum atomic E-state index is 0.0612. The third kappa shape index (κ3) is 1.55. The van der Waals surface area contributed by atoms with Gasteiger partial charge in [-0.05, 0) is 6.92 Å². The van der Waals surface area contributed by atoms with Crippen molar-refractivity contribution in [2.24, 2.45) is 5.92 Å². The number of hydrogen-bond donors (Lipinski definition) is 3. The number of aromatic nitrogens is 2. The number of carbonyl (C=O) groups excluding carboxylic acids is 1. The molecule has 1 aromatic heterocycles. The fourth-order valence-corrected chi connectivity index (χ4v) is 1.17. The lowest BCUT2D eigenvalue weighted by atomic mass is 10.0. The zero-order valence-corrected chi connectivity index (χ0v) is 7.42. The summed E-state index contributed by atoms with van der Waals surface area (Å²) in [4.78, 5) is 11.4. The highest BCUT2D eigenvalue weighted by Crippen LogP contribution is 2.11. The fourth-order valence-electron chi connectivity index (χ4n) is 1.17. The molecule has 5 heteroatoms. The molecule has 1 aliphatic rings. The van der Waals surface area contributed by atoms with Crippen molar-refractivity contribution in [3.8, 4) is 0 Å². The molecule has 0 saturated carbocycles. The van der Waals surface area contributed by atoms with E-state index in [1.54, 1.807) is 6.20 Å². The van der Waals surface area contributed by atoms with Gasteiger partial charge >= 0.3 is 0 Å². The Morgan fingerprint density at radius 1 is 1.69 bits per heavy atom. The molecule has 0 aromatic carbocycles. The predicted molar refractivity (Wildman–Crippen MR) is 48.3 cm³/mol. The molecule has 0 unspecified atom stereocenters. The molecule has 13 heavy (non-hydrogen) atoms. The Kier molecular flexibility index (Phi) is 2.02. The van der Waals surface area contributed by atoms with E-state index in [2.05, 4.69) is 20.8 Å². The Hall–Kier alpha value is -1.36. The molecule has 0 radical (unpaired) electrons. The van der Waals surface area contributed by atoms with Crippen LogP contribution >= 0.6 is 0 Å². The lowest BCUT2D eigenvalue weighted by Gasteiger charge is -2.25. The third-order valence-corrected chi connectivity index (χ3v) is 2.23. The van der Waals surface area contributed by atoms with E-state index in [1.165, 1.54) is 0 Å².